The molecule has 1 saturated heterocycles. The third-order valence-corrected chi connectivity index (χ3v) is 4.06. The monoisotopic (exact) mass is 410 g/mol. The summed E-state index contributed by atoms with van der Waals surface area (Å²) in [6.45, 7) is 0.0307. The standard InChI is InChI=1S/C18H14F4N4O3/c19-13-4-11(7-23-8-13)16(28)25-14-5-10(3-12(6-14)18(20,21)22)17(29)26-2-1-24-15(27)9-26/h3-8H,1-2,9H2,(H,24,27)(H,25,28). The van der Waals surface area contributed by atoms with Gasteiger partial charge < -0.3 is 15.5 Å². The van der Waals surface area contributed by atoms with Crippen LogP contribution in [0.3, 0.4) is 0 Å². The molecule has 0 saturated carbocycles. The molecule has 0 spiro atoms. The number of piperazine rings is 1. The Balaban J connectivity index is 1.92. The highest BCUT2D eigenvalue weighted by Gasteiger charge is 2.33. The number of anilines is 1. The van der Waals surface area contributed by atoms with E-state index in [9.17, 15) is 31.9 Å². The summed E-state index contributed by atoms with van der Waals surface area (Å²) < 4.78 is 53.0. The van der Waals surface area contributed by atoms with Gasteiger partial charge in [0.2, 0.25) is 5.91 Å². The van der Waals surface area contributed by atoms with Gasteiger partial charge in [0, 0.05) is 30.5 Å². The van der Waals surface area contributed by atoms with Crippen LogP contribution in [-0.4, -0.2) is 47.2 Å². The summed E-state index contributed by atoms with van der Waals surface area (Å²) in [6.07, 6.45) is -2.87. The first kappa shape index (κ1) is 20.2. The van der Waals surface area contributed by atoms with Crippen LogP contribution in [0, 0.1) is 5.82 Å². The predicted molar refractivity (Wildman–Crippen MR) is 92.5 cm³/mol. The highest BCUT2D eigenvalue weighted by molar-refractivity contribution is 6.05. The summed E-state index contributed by atoms with van der Waals surface area (Å²) in [4.78, 5) is 40.9. The first-order valence-corrected chi connectivity index (χ1v) is 8.33. The quantitative estimate of drug-likeness (QED) is 0.758. The molecule has 2 aromatic rings. The van der Waals surface area contributed by atoms with E-state index < -0.39 is 35.3 Å². The molecule has 152 valence electrons. The van der Waals surface area contributed by atoms with Crippen LogP contribution in [-0.2, 0) is 11.0 Å². The summed E-state index contributed by atoms with van der Waals surface area (Å²) in [7, 11) is 0. The molecular weight excluding hydrogens is 396 g/mol. The number of pyridine rings is 1. The van der Waals surface area contributed by atoms with Gasteiger partial charge in [0.05, 0.1) is 23.9 Å². The maximum Gasteiger partial charge on any atom is 0.416 e. The molecule has 1 aliphatic heterocycles. The van der Waals surface area contributed by atoms with Crippen molar-refractivity contribution in [3.05, 3.63) is 59.2 Å². The number of hydrogen-bond donors (Lipinski definition) is 2. The van der Waals surface area contributed by atoms with E-state index in [4.69, 9.17) is 0 Å². The van der Waals surface area contributed by atoms with Crippen LogP contribution in [0.5, 0.6) is 0 Å². The van der Waals surface area contributed by atoms with Crippen LogP contribution in [0.25, 0.3) is 0 Å². The lowest BCUT2D eigenvalue weighted by atomic mass is 10.1. The van der Waals surface area contributed by atoms with Crippen LogP contribution in [0.15, 0.2) is 36.7 Å². The maximum atomic E-state index is 13.3. The molecule has 3 amide bonds. The van der Waals surface area contributed by atoms with E-state index in [1.807, 2.05) is 0 Å². The summed E-state index contributed by atoms with van der Waals surface area (Å²) in [5, 5.41) is 4.72. The van der Waals surface area contributed by atoms with Crippen molar-refractivity contribution in [2.24, 2.45) is 0 Å². The Morgan fingerprint density at radius 2 is 1.86 bits per heavy atom. The third-order valence-electron chi connectivity index (χ3n) is 4.06. The molecular formula is C18H14F4N4O3. The van der Waals surface area contributed by atoms with E-state index in [1.54, 1.807) is 0 Å². The van der Waals surface area contributed by atoms with E-state index in [1.165, 1.54) is 0 Å². The molecule has 3 rings (SSSR count). The second-order valence-electron chi connectivity index (χ2n) is 6.22. The van der Waals surface area contributed by atoms with Gasteiger partial charge in [0.25, 0.3) is 11.8 Å². The fraction of sp³-hybridized carbons (Fsp3) is 0.222. The molecule has 0 aliphatic carbocycles. The molecule has 1 aromatic carbocycles. The smallest absolute Gasteiger partial charge is 0.353 e. The lowest BCUT2D eigenvalue weighted by Crippen LogP contribution is -2.50. The van der Waals surface area contributed by atoms with Gasteiger partial charge >= 0.3 is 6.18 Å². The second-order valence-corrected chi connectivity index (χ2v) is 6.22. The van der Waals surface area contributed by atoms with Crippen molar-refractivity contribution < 1.29 is 31.9 Å². The first-order chi connectivity index (χ1) is 13.6. The molecule has 2 heterocycles. The molecule has 0 atom stereocenters. The number of carbonyl (C=O) groups excluding carboxylic acids is 3. The highest BCUT2D eigenvalue weighted by Crippen LogP contribution is 2.32. The Morgan fingerprint density at radius 1 is 1.10 bits per heavy atom. The van der Waals surface area contributed by atoms with Crippen molar-refractivity contribution in [1.29, 1.82) is 0 Å². The van der Waals surface area contributed by atoms with Crippen molar-refractivity contribution in [3.8, 4) is 0 Å². The van der Waals surface area contributed by atoms with Crippen molar-refractivity contribution in [3.63, 3.8) is 0 Å². The lowest BCUT2D eigenvalue weighted by Gasteiger charge is -2.27. The van der Waals surface area contributed by atoms with Crippen LogP contribution in [0.2, 0.25) is 0 Å². The zero-order valence-electron chi connectivity index (χ0n) is 14.7. The lowest BCUT2D eigenvalue weighted by molar-refractivity contribution is -0.137. The van der Waals surface area contributed by atoms with E-state index in [-0.39, 0.29) is 36.4 Å². The second kappa shape index (κ2) is 7.86. The van der Waals surface area contributed by atoms with Crippen molar-refractivity contribution in [2.75, 3.05) is 25.0 Å². The number of aromatic nitrogens is 1. The van der Waals surface area contributed by atoms with Gasteiger partial charge in [0.15, 0.2) is 0 Å². The summed E-state index contributed by atoms with van der Waals surface area (Å²) >= 11 is 0. The largest absolute Gasteiger partial charge is 0.416 e. The minimum atomic E-state index is -4.78. The number of amides is 3. The van der Waals surface area contributed by atoms with Gasteiger partial charge in [0.1, 0.15) is 5.82 Å². The topological polar surface area (TPSA) is 91.4 Å². The molecule has 11 heteroatoms. The number of benzene rings is 1. The zero-order chi connectivity index (χ0) is 21.2. The van der Waals surface area contributed by atoms with Crippen molar-refractivity contribution in [1.82, 2.24) is 15.2 Å². The average molecular weight is 410 g/mol. The molecule has 0 bridgehead atoms. The minimum Gasteiger partial charge on any atom is -0.353 e. The van der Waals surface area contributed by atoms with Crippen LogP contribution in [0.1, 0.15) is 26.3 Å². The number of nitrogens with one attached hydrogen (secondary N) is 2. The van der Waals surface area contributed by atoms with Gasteiger partial charge in [-0.2, -0.15) is 13.2 Å². The number of hydrogen-bond acceptors (Lipinski definition) is 4. The highest BCUT2D eigenvalue weighted by atomic mass is 19.4. The molecule has 0 radical (unpaired) electrons. The Bertz CT molecular complexity index is 978. The van der Waals surface area contributed by atoms with Crippen LogP contribution >= 0.6 is 0 Å². The van der Waals surface area contributed by atoms with E-state index in [0.29, 0.717) is 12.1 Å². The first-order valence-electron chi connectivity index (χ1n) is 8.33. The van der Waals surface area contributed by atoms with Crippen molar-refractivity contribution in [2.45, 2.75) is 6.18 Å². The number of halogens is 4. The fourth-order valence-electron chi connectivity index (χ4n) is 2.72. The number of nitrogens with zero attached hydrogens (tertiary/aromatic N) is 2. The van der Waals surface area contributed by atoms with Crippen molar-refractivity contribution >= 4 is 23.4 Å². The Hall–Kier alpha value is -3.50. The summed E-state index contributed by atoms with van der Waals surface area (Å²) in [6, 6.07) is 3.24. The molecule has 1 fully saturated rings. The van der Waals surface area contributed by atoms with Gasteiger partial charge in [-0.05, 0) is 24.3 Å². The Kier molecular flexibility index (Phi) is 5.48. The maximum absolute atomic E-state index is 13.3. The number of rotatable bonds is 3. The molecule has 1 aliphatic rings. The van der Waals surface area contributed by atoms with E-state index >= 15 is 0 Å². The fourth-order valence-corrected chi connectivity index (χ4v) is 2.72. The van der Waals surface area contributed by atoms with Gasteiger partial charge in [-0.15, -0.1) is 0 Å². The Labute approximate surface area is 161 Å². The van der Waals surface area contributed by atoms with Crippen LogP contribution in [0.4, 0.5) is 23.2 Å². The van der Waals surface area contributed by atoms with Gasteiger partial charge in [-0.3, -0.25) is 19.4 Å². The molecule has 0 unspecified atom stereocenters. The van der Waals surface area contributed by atoms with Gasteiger partial charge in [-0.25, -0.2) is 4.39 Å². The third kappa shape index (κ3) is 4.86. The molecule has 1 aromatic heterocycles. The average Bonchev–Trinajstić information content (AvgIpc) is 2.66. The zero-order valence-corrected chi connectivity index (χ0v) is 14.7. The summed E-state index contributed by atoms with van der Waals surface area (Å²) in [5.41, 5.74) is -2.01. The molecule has 7 nitrogen and oxygen atoms in total. The Morgan fingerprint density at radius 3 is 2.52 bits per heavy atom. The summed E-state index contributed by atoms with van der Waals surface area (Å²) in [5.74, 6) is -2.90. The SMILES string of the molecule is O=C1CN(C(=O)c2cc(NC(=O)c3cncc(F)c3)cc(C(F)(F)F)c2)CCN1. The van der Waals surface area contributed by atoms with Gasteiger partial charge in [-0.1, -0.05) is 0 Å². The minimum absolute atomic E-state index is 0.136. The molecule has 29 heavy (non-hydrogen) atoms. The number of alkyl halides is 3. The normalized spacial score (nSPS) is 14.3. The molecule has 2 N–H and O–H groups in total. The van der Waals surface area contributed by atoms with E-state index in [2.05, 4.69) is 15.6 Å². The van der Waals surface area contributed by atoms with E-state index in [0.717, 1.165) is 29.4 Å². The number of carbonyl (C=O) groups is 3. The predicted octanol–water partition coefficient (Wildman–Crippen LogP) is 2.06. The van der Waals surface area contributed by atoms with Crippen LogP contribution < -0.4 is 10.6 Å².